The van der Waals surface area contributed by atoms with Crippen LogP contribution < -0.4 is 16.6 Å². The maximum Gasteiger partial charge on any atom is 0.253 e. The van der Waals surface area contributed by atoms with Crippen molar-refractivity contribution in [3.8, 4) is 0 Å². The van der Waals surface area contributed by atoms with Crippen LogP contribution in [0.4, 0.5) is 5.82 Å². The van der Waals surface area contributed by atoms with Crippen LogP contribution >= 0.6 is 0 Å². The first-order chi connectivity index (χ1) is 8.72. The molecule has 1 aromatic rings. The van der Waals surface area contributed by atoms with Gasteiger partial charge in [-0.1, -0.05) is 0 Å². The number of nitrogens with two attached hydrogens (primary N) is 1. The standard InChI is InChI=1S/C12H18N4O2/c1-18-10-4-3-9(6-10)15-12(17)8-2-5-11(16-13)14-7-8/h2,5,7,9-10H,3-4,6,13H2,1H3,(H,14,16)(H,15,17). The molecule has 1 fully saturated rings. The van der Waals surface area contributed by atoms with E-state index in [0.29, 0.717) is 11.4 Å². The van der Waals surface area contributed by atoms with Crippen molar-refractivity contribution in [2.24, 2.45) is 5.84 Å². The minimum absolute atomic E-state index is 0.104. The zero-order valence-electron chi connectivity index (χ0n) is 10.3. The lowest BCUT2D eigenvalue weighted by Crippen LogP contribution is -2.33. The average Bonchev–Trinajstić information content (AvgIpc) is 2.86. The lowest BCUT2D eigenvalue weighted by molar-refractivity contribution is 0.0914. The molecule has 0 saturated heterocycles. The Kier molecular flexibility index (Phi) is 4.11. The van der Waals surface area contributed by atoms with E-state index in [4.69, 9.17) is 10.6 Å². The van der Waals surface area contributed by atoms with Crippen molar-refractivity contribution in [3.05, 3.63) is 23.9 Å². The third-order valence-electron chi connectivity index (χ3n) is 3.23. The van der Waals surface area contributed by atoms with Gasteiger partial charge in [0.25, 0.3) is 5.91 Å². The van der Waals surface area contributed by atoms with E-state index in [1.165, 1.54) is 6.20 Å². The first-order valence-electron chi connectivity index (χ1n) is 5.99. The Hall–Kier alpha value is -1.66. The Labute approximate surface area is 106 Å². The fourth-order valence-electron chi connectivity index (χ4n) is 2.17. The lowest BCUT2D eigenvalue weighted by Gasteiger charge is -2.12. The fourth-order valence-corrected chi connectivity index (χ4v) is 2.17. The molecule has 1 aliphatic carbocycles. The van der Waals surface area contributed by atoms with Crippen LogP contribution in [-0.4, -0.2) is 30.1 Å². The van der Waals surface area contributed by atoms with Crippen LogP contribution in [-0.2, 0) is 4.74 Å². The van der Waals surface area contributed by atoms with Gasteiger partial charge in [0.1, 0.15) is 5.82 Å². The number of hydrazine groups is 1. The van der Waals surface area contributed by atoms with E-state index in [9.17, 15) is 4.79 Å². The molecule has 2 unspecified atom stereocenters. The largest absolute Gasteiger partial charge is 0.381 e. The Morgan fingerprint density at radius 1 is 1.50 bits per heavy atom. The summed E-state index contributed by atoms with van der Waals surface area (Å²) in [6, 6.07) is 3.55. The average molecular weight is 250 g/mol. The normalized spacial score (nSPS) is 22.8. The maximum absolute atomic E-state index is 12.0. The number of hydrogen-bond acceptors (Lipinski definition) is 5. The van der Waals surface area contributed by atoms with Gasteiger partial charge in [-0.15, -0.1) is 0 Å². The summed E-state index contributed by atoms with van der Waals surface area (Å²) in [5.74, 6) is 5.64. The summed E-state index contributed by atoms with van der Waals surface area (Å²) in [5, 5.41) is 2.99. The summed E-state index contributed by atoms with van der Waals surface area (Å²) in [6.07, 6.45) is 4.60. The molecule has 1 aromatic heterocycles. The van der Waals surface area contributed by atoms with E-state index >= 15 is 0 Å². The van der Waals surface area contributed by atoms with Gasteiger partial charge in [0.2, 0.25) is 0 Å². The molecule has 1 heterocycles. The van der Waals surface area contributed by atoms with Crippen LogP contribution in [0, 0.1) is 0 Å². The number of nitrogens with zero attached hydrogens (tertiary/aromatic N) is 1. The summed E-state index contributed by atoms with van der Waals surface area (Å²) < 4.78 is 5.27. The molecule has 0 aromatic carbocycles. The molecule has 0 spiro atoms. The zero-order chi connectivity index (χ0) is 13.0. The van der Waals surface area contributed by atoms with Crippen molar-refractivity contribution in [3.63, 3.8) is 0 Å². The predicted octanol–water partition coefficient (Wildman–Crippen LogP) is 0.665. The molecule has 0 bridgehead atoms. The van der Waals surface area contributed by atoms with Crippen LogP contribution in [0.2, 0.25) is 0 Å². The Morgan fingerprint density at radius 3 is 2.89 bits per heavy atom. The van der Waals surface area contributed by atoms with Crippen LogP contribution in [0.15, 0.2) is 18.3 Å². The van der Waals surface area contributed by atoms with E-state index < -0.39 is 0 Å². The third-order valence-corrected chi connectivity index (χ3v) is 3.23. The van der Waals surface area contributed by atoms with Gasteiger partial charge < -0.3 is 15.5 Å². The highest BCUT2D eigenvalue weighted by molar-refractivity contribution is 5.94. The summed E-state index contributed by atoms with van der Waals surface area (Å²) in [5.41, 5.74) is 2.96. The van der Waals surface area contributed by atoms with Gasteiger partial charge >= 0.3 is 0 Å². The van der Waals surface area contributed by atoms with Gasteiger partial charge in [0.15, 0.2) is 0 Å². The summed E-state index contributed by atoms with van der Waals surface area (Å²) in [6.45, 7) is 0. The van der Waals surface area contributed by atoms with Crippen molar-refractivity contribution >= 4 is 11.7 Å². The van der Waals surface area contributed by atoms with Crippen molar-refractivity contribution < 1.29 is 9.53 Å². The molecule has 1 amide bonds. The molecular weight excluding hydrogens is 232 g/mol. The van der Waals surface area contributed by atoms with Gasteiger partial charge in [0, 0.05) is 19.3 Å². The fraction of sp³-hybridized carbons (Fsp3) is 0.500. The van der Waals surface area contributed by atoms with Gasteiger partial charge in [-0.3, -0.25) is 4.79 Å². The van der Waals surface area contributed by atoms with Crippen LogP contribution in [0.3, 0.4) is 0 Å². The van der Waals surface area contributed by atoms with Crippen molar-refractivity contribution in [1.29, 1.82) is 0 Å². The number of nitrogens with one attached hydrogen (secondary N) is 2. The number of nitrogen functional groups attached to an aromatic ring is 1. The van der Waals surface area contributed by atoms with Gasteiger partial charge in [-0.05, 0) is 31.4 Å². The van der Waals surface area contributed by atoms with Crippen molar-refractivity contribution in [2.75, 3.05) is 12.5 Å². The predicted molar refractivity (Wildman–Crippen MR) is 67.9 cm³/mol. The molecule has 2 rings (SSSR count). The summed E-state index contributed by atoms with van der Waals surface area (Å²) in [7, 11) is 1.71. The smallest absolute Gasteiger partial charge is 0.253 e. The molecule has 6 nitrogen and oxygen atoms in total. The number of aromatic nitrogens is 1. The number of hydrogen-bond donors (Lipinski definition) is 3. The van der Waals surface area contributed by atoms with E-state index in [-0.39, 0.29) is 18.1 Å². The first kappa shape index (κ1) is 12.8. The number of pyridine rings is 1. The second-order valence-corrected chi connectivity index (χ2v) is 4.42. The quantitative estimate of drug-likeness (QED) is 0.539. The van der Waals surface area contributed by atoms with Crippen LogP contribution in [0.5, 0.6) is 0 Å². The second-order valence-electron chi connectivity index (χ2n) is 4.42. The third kappa shape index (κ3) is 2.96. The van der Waals surface area contributed by atoms with Gasteiger partial charge in [0.05, 0.1) is 11.7 Å². The Bertz CT molecular complexity index is 407. The van der Waals surface area contributed by atoms with E-state index in [0.717, 1.165) is 19.3 Å². The van der Waals surface area contributed by atoms with E-state index in [1.807, 2.05) is 0 Å². The van der Waals surface area contributed by atoms with Crippen molar-refractivity contribution in [1.82, 2.24) is 10.3 Å². The highest BCUT2D eigenvalue weighted by Crippen LogP contribution is 2.21. The molecule has 98 valence electrons. The highest BCUT2D eigenvalue weighted by Gasteiger charge is 2.25. The van der Waals surface area contributed by atoms with Crippen LogP contribution in [0.25, 0.3) is 0 Å². The monoisotopic (exact) mass is 250 g/mol. The van der Waals surface area contributed by atoms with Crippen molar-refractivity contribution in [2.45, 2.75) is 31.4 Å². The van der Waals surface area contributed by atoms with Crippen LogP contribution in [0.1, 0.15) is 29.6 Å². The number of ether oxygens (including phenoxy) is 1. The molecule has 2 atom stereocenters. The van der Waals surface area contributed by atoms with E-state index in [2.05, 4.69) is 15.7 Å². The number of amides is 1. The second kappa shape index (κ2) is 5.79. The first-order valence-corrected chi connectivity index (χ1v) is 5.99. The number of rotatable bonds is 4. The number of anilines is 1. The molecule has 1 saturated carbocycles. The maximum atomic E-state index is 12.0. The molecule has 0 radical (unpaired) electrons. The van der Waals surface area contributed by atoms with E-state index in [1.54, 1.807) is 19.2 Å². The number of methoxy groups -OCH3 is 1. The molecule has 6 heteroatoms. The van der Waals surface area contributed by atoms with Gasteiger partial charge in [-0.25, -0.2) is 10.8 Å². The highest BCUT2D eigenvalue weighted by atomic mass is 16.5. The molecule has 4 N–H and O–H groups in total. The minimum Gasteiger partial charge on any atom is -0.381 e. The molecule has 1 aliphatic rings. The molecule has 18 heavy (non-hydrogen) atoms. The zero-order valence-corrected chi connectivity index (χ0v) is 10.3. The minimum atomic E-state index is -0.104. The summed E-state index contributed by atoms with van der Waals surface area (Å²) >= 11 is 0. The Morgan fingerprint density at radius 2 is 2.33 bits per heavy atom. The number of carbonyl (C=O) groups is 1. The van der Waals surface area contributed by atoms with Gasteiger partial charge in [-0.2, -0.15) is 0 Å². The lowest BCUT2D eigenvalue weighted by atomic mass is 10.2. The number of carbonyl (C=O) groups excluding carboxylic acids is 1. The summed E-state index contributed by atoms with van der Waals surface area (Å²) in [4.78, 5) is 16.0. The molecular formula is C12H18N4O2. The Balaban J connectivity index is 1.91. The SMILES string of the molecule is COC1CCC(NC(=O)c2ccc(NN)nc2)C1. The molecule has 0 aliphatic heterocycles. The topological polar surface area (TPSA) is 89.3 Å².